The van der Waals surface area contributed by atoms with Gasteiger partial charge < -0.3 is 0 Å². The Bertz CT molecular complexity index is 1320. The number of non-ortho nitro benzene ring substituents is 1. The first kappa shape index (κ1) is 20.1. The molecule has 0 unspecified atom stereocenters. The zero-order valence-corrected chi connectivity index (χ0v) is 15.8. The fourth-order valence-electron chi connectivity index (χ4n) is 3.32. The first-order valence-corrected chi connectivity index (χ1v) is 9.09. The number of aryl methyl sites for hydroxylation is 1. The molecule has 2 aromatic carbocycles. The second kappa shape index (κ2) is 7.56. The van der Waals surface area contributed by atoms with Crippen LogP contribution in [0.3, 0.4) is 0 Å². The van der Waals surface area contributed by atoms with Crippen molar-refractivity contribution in [1.82, 2.24) is 14.6 Å². The van der Waals surface area contributed by atoms with Gasteiger partial charge in [-0.25, -0.2) is 10.1 Å². The van der Waals surface area contributed by atoms with E-state index < -0.39 is 16.9 Å². The molecular weight excluding hydrogens is 413 g/mol. The number of rotatable bonds is 5. The molecule has 0 aliphatic heterocycles. The van der Waals surface area contributed by atoms with E-state index in [2.05, 4.69) is 10.1 Å². The molecule has 4 rings (SSSR count). The topological polar surface area (TPSA) is 104 Å². The van der Waals surface area contributed by atoms with Gasteiger partial charge in [-0.15, -0.1) is 0 Å². The summed E-state index contributed by atoms with van der Waals surface area (Å²) in [6, 6.07) is 15.3. The molecule has 2 heterocycles. The van der Waals surface area contributed by atoms with Gasteiger partial charge in [0.25, 0.3) is 5.69 Å². The van der Waals surface area contributed by atoms with Crippen molar-refractivity contribution >= 4 is 16.7 Å². The second-order valence-corrected chi connectivity index (χ2v) is 6.65. The molecule has 0 spiro atoms. The molecule has 0 saturated carbocycles. The van der Waals surface area contributed by atoms with Crippen molar-refractivity contribution in [2.75, 3.05) is 0 Å². The van der Waals surface area contributed by atoms with E-state index in [4.69, 9.17) is 5.26 Å². The van der Waals surface area contributed by atoms with Gasteiger partial charge >= 0.3 is 17.8 Å². The number of nitriles is 1. The number of para-hydroxylation sites is 2. The van der Waals surface area contributed by atoms with Crippen molar-refractivity contribution < 1.29 is 22.8 Å². The van der Waals surface area contributed by atoms with Crippen molar-refractivity contribution in [2.24, 2.45) is 0 Å². The van der Waals surface area contributed by atoms with Crippen molar-refractivity contribution in [3.63, 3.8) is 0 Å². The lowest BCUT2D eigenvalue weighted by molar-refractivity contribution is -0.743. The van der Waals surface area contributed by atoms with Crippen molar-refractivity contribution in [3.8, 4) is 23.1 Å². The summed E-state index contributed by atoms with van der Waals surface area (Å²) in [6.45, 7) is 0.114. The molecule has 4 aromatic rings. The van der Waals surface area contributed by atoms with Crippen LogP contribution in [0.4, 0.5) is 18.9 Å². The summed E-state index contributed by atoms with van der Waals surface area (Å²) < 4.78 is 43.8. The predicted molar refractivity (Wildman–Crippen MR) is 103 cm³/mol. The van der Waals surface area contributed by atoms with Crippen LogP contribution >= 0.6 is 0 Å². The third-order valence-electron chi connectivity index (χ3n) is 4.69. The van der Waals surface area contributed by atoms with Gasteiger partial charge in [0.05, 0.1) is 29.2 Å². The van der Waals surface area contributed by atoms with Crippen molar-refractivity contribution in [3.05, 3.63) is 70.5 Å². The van der Waals surface area contributed by atoms with Gasteiger partial charge in [-0.2, -0.15) is 27.7 Å². The third kappa shape index (κ3) is 3.71. The van der Waals surface area contributed by atoms with Gasteiger partial charge in [-0.1, -0.05) is 12.1 Å². The summed E-state index contributed by atoms with van der Waals surface area (Å²) in [5.41, 5.74) is 1.32. The zero-order valence-electron chi connectivity index (χ0n) is 15.8. The van der Waals surface area contributed by atoms with Crippen LogP contribution in [0.5, 0.6) is 0 Å². The number of nitro groups is 1. The Morgan fingerprint density at radius 1 is 1.19 bits per heavy atom. The second-order valence-electron chi connectivity index (χ2n) is 6.65. The smallest absolute Gasteiger partial charge is 0.258 e. The van der Waals surface area contributed by atoms with Crippen LogP contribution < -0.4 is 4.68 Å². The zero-order chi connectivity index (χ0) is 22.2. The Balaban J connectivity index is 1.93. The van der Waals surface area contributed by atoms with Gasteiger partial charge in [0, 0.05) is 17.7 Å². The third-order valence-corrected chi connectivity index (χ3v) is 4.69. The average molecular weight is 427 g/mol. The summed E-state index contributed by atoms with van der Waals surface area (Å²) in [6.07, 6.45) is -4.65. The standard InChI is InChI=1S/C20H13F3N6O2/c21-20(22,23)19-25-15-4-1-2-5-17(15)28(19)18-12-16(26-27(18)11-3-10-24)13-6-8-14(9-7-13)29(30)31/h1-2,4-9,12H,3,11H2/p+1. The van der Waals surface area contributed by atoms with E-state index in [1.807, 2.05) is 6.07 Å². The normalized spacial score (nSPS) is 11.5. The van der Waals surface area contributed by atoms with E-state index in [0.29, 0.717) is 11.3 Å². The van der Waals surface area contributed by atoms with Crippen LogP contribution in [0, 0.1) is 21.4 Å². The summed E-state index contributed by atoms with van der Waals surface area (Å²) in [5, 5.41) is 22.8. The van der Waals surface area contributed by atoms with E-state index in [9.17, 15) is 23.3 Å². The highest BCUT2D eigenvalue weighted by Gasteiger charge is 2.43. The number of nitrogens with zero attached hydrogens (tertiary/aromatic N) is 5. The number of hydrogen-bond acceptors (Lipinski definition) is 4. The molecule has 156 valence electrons. The van der Waals surface area contributed by atoms with Gasteiger partial charge in [-0.3, -0.25) is 10.1 Å². The first-order chi connectivity index (χ1) is 14.8. The summed E-state index contributed by atoms with van der Waals surface area (Å²) in [7, 11) is 0. The fourth-order valence-corrected chi connectivity index (χ4v) is 3.32. The van der Waals surface area contributed by atoms with Crippen LogP contribution in [0.25, 0.3) is 28.1 Å². The highest BCUT2D eigenvalue weighted by Crippen LogP contribution is 2.34. The Morgan fingerprint density at radius 3 is 2.55 bits per heavy atom. The number of halogens is 3. The largest absolute Gasteiger partial charge is 0.473 e. The monoisotopic (exact) mass is 427 g/mol. The number of aromatic nitrogens is 4. The number of imidazole rings is 1. The Morgan fingerprint density at radius 2 is 1.90 bits per heavy atom. The summed E-state index contributed by atoms with van der Waals surface area (Å²) in [5.74, 6) is -0.946. The van der Waals surface area contributed by atoms with Gasteiger partial charge in [-0.05, 0) is 24.3 Å². The molecule has 0 aliphatic carbocycles. The molecule has 0 bridgehead atoms. The van der Waals surface area contributed by atoms with Crippen molar-refractivity contribution in [2.45, 2.75) is 19.1 Å². The molecule has 0 saturated heterocycles. The number of benzene rings is 2. The minimum absolute atomic E-state index is 0.0614. The molecular formula is C20H14F3N6O2+. The Kier molecular flexibility index (Phi) is 4.90. The molecule has 0 atom stereocenters. The number of H-pyrrole nitrogens is 1. The quantitative estimate of drug-likeness (QED) is 0.293. The molecule has 0 radical (unpaired) electrons. The fraction of sp³-hybridized carbons (Fsp3) is 0.150. The van der Waals surface area contributed by atoms with Crippen LogP contribution in [0.15, 0.2) is 54.6 Å². The van der Waals surface area contributed by atoms with Crippen LogP contribution in [0.1, 0.15) is 12.2 Å². The lowest BCUT2D eigenvalue weighted by Crippen LogP contribution is -2.40. The van der Waals surface area contributed by atoms with Gasteiger partial charge in [0.15, 0.2) is 5.52 Å². The maximum atomic E-state index is 13.8. The Hall–Kier alpha value is -4.20. The minimum atomic E-state index is -4.71. The van der Waals surface area contributed by atoms with Crippen LogP contribution in [-0.4, -0.2) is 19.6 Å². The van der Waals surface area contributed by atoms with E-state index in [-0.39, 0.29) is 35.5 Å². The maximum Gasteiger partial charge on any atom is 0.473 e. The molecule has 2 aromatic heterocycles. The number of aromatic amines is 1. The van der Waals surface area contributed by atoms with Crippen molar-refractivity contribution in [1.29, 1.82) is 5.26 Å². The maximum absolute atomic E-state index is 13.8. The summed E-state index contributed by atoms with van der Waals surface area (Å²) in [4.78, 5) is 14.1. The molecule has 0 amide bonds. The molecule has 0 fully saturated rings. The lowest BCUT2D eigenvalue weighted by atomic mass is 10.1. The highest BCUT2D eigenvalue weighted by molar-refractivity contribution is 5.78. The highest BCUT2D eigenvalue weighted by atomic mass is 19.4. The van der Waals surface area contributed by atoms with Crippen LogP contribution in [0.2, 0.25) is 0 Å². The van der Waals surface area contributed by atoms with E-state index in [1.165, 1.54) is 47.1 Å². The van der Waals surface area contributed by atoms with E-state index in [1.54, 1.807) is 12.1 Å². The van der Waals surface area contributed by atoms with Crippen LogP contribution in [-0.2, 0) is 12.7 Å². The Labute approximate surface area is 172 Å². The van der Waals surface area contributed by atoms with E-state index >= 15 is 0 Å². The van der Waals surface area contributed by atoms with Gasteiger partial charge in [0.1, 0.15) is 12.1 Å². The van der Waals surface area contributed by atoms with E-state index in [0.717, 1.165) is 4.57 Å². The average Bonchev–Trinajstić information content (AvgIpc) is 3.33. The number of alkyl halides is 3. The molecule has 0 aliphatic rings. The number of nitro benzene ring substituents is 1. The number of fused-ring (bicyclic) bond motifs is 1. The molecule has 11 heteroatoms. The molecule has 8 nitrogen and oxygen atoms in total. The van der Waals surface area contributed by atoms with Gasteiger partial charge in [0.2, 0.25) is 0 Å². The number of hydrogen-bond donors (Lipinski definition) is 1. The lowest BCUT2D eigenvalue weighted by Gasteiger charge is -2.05. The molecule has 1 N–H and O–H groups in total. The predicted octanol–water partition coefficient (Wildman–Crippen LogP) is 4.15. The minimum Gasteiger partial charge on any atom is -0.258 e. The summed E-state index contributed by atoms with van der Waals surface area (Å²) >= 11 is 0. The number of nitrogens with one attached hydrogen (secondary N) is 1. The SMILES string of the molecule is N#CCC[n+]1[nH]c(-c2ccc([N+](=O)[O-])cc2)cc1-n1c(C(F)(F)F)nc2ccccc21. The first-order valence-electron chi connectivity index (χ1n) is 9.09. The molecule has 31 heavy (non-hydrogen) atoms.